The maximum Gasteiger partial charge on any atom is 0.0367 e. The second-order valence-corrected chi connectivity index (χ2v) is 15.1. The molecular formula is C37H48N4S. The highest BCUT2D eigenvalue weighted by molar-refractivity contribution is 7.99. The van der Waals surface area contributed by atoms with E-state index < -0.39 is 0 Å². The highest BCUT2D eigenvalue weighted by atomic mass is 32.2. The van der Waals surface area contributed by atoms with Crippen LogP contribution in [-0.4, -0.2) is 60.6 Å². The van der Waals surface area contributed by atoms with E-state index in [1.807, 2.05) is 12.4 Å². The molecule has 7 rings (SSSR count). The van der Waals surface area contributed by atoms with Crippen LogP contribution >= 0.6 is 11.8 Å². The quantitative estimate of drug-likeness (QED) is 0.271. The monoisotopic (exact) mass is 580 g/mol. The molecule has 1 unspecified atom stereocenters. The lowest BCUT2D eigenvalue weighted by Gasteiger charge is -2.55. The summed E-state index contributed by atoms with van der Waals surface area (Å²) in [5, 5.41) is 0. The summed E-state index contributed by atoms with van der Waals surface area (Å²) in [6.45, 7) is 14.6. The van der Waals surface area contributed by atoms with Crippen molar-refractivity contribution >= 4 is 17.4 Å². The molecule has 2 saturated heterocycles. The van der Waals surface area contributed by atoms with E-state index in [9.17, 15) is 0 Å². The van der Waals surface area contributed by atoms with Gasteiger partial charge >= 0.3 is 0 Å². The lowest BCUT2D eigenvalue weighted by Crippen LogP contribution is -2.61. The van der Waals surface area contributed by atoms with Gasteiger partial charge in [0, 0.05) is 71.4 Å². The maximum atomic E-state index is 4.13. The van der Waals surface area contributed by atoms with Gasteiger partial charge in [-0.1, -0.05) is 62.7 Å². The Balaban J connectivity index is 0.979. The molecule has 4 nitrogen and oxygen atoms in total. The maximum absolute atomic E-state index is 4.13. The number of rotatable bonds is 8. The van der Waals surface area contributed by atoms with Gasteiger partial charge in [-0.3, -0.25) is 9.88 Å². The van der Waals surface area contributed by atoms with Gasteiger partial charge in [-0.05, 0) is 105 Å². The number of fused-ring (bicyclic) bond motifs is 1. The number of benzene rings is 2. The zero-order valence-electron chi connectivity index (χ0n) is 25.7. The molecule has 3 fully saturated rings. The van der Waals surface area contributed by atoms with Crippen LogP contribution in [-0.2, 0) is 12.0 Å². The van der Waals surface area contributed by atoms with E-state index >= 15 is 0 Å². The molecule has 1 saturated carbocycles. The fourth-order valence-corrected chi connectivity index (χ4v) is 9.93. The largest absolute Gasteiger partial charge is 0.370 e. The molecule has 0 amide bonds. The Morgan fingerprint density at radius 1 is 0.786 bits per heavy atom. The Hall–Kier alpha value is -2.34. The van der Waals surface area contributed by atoms with Gasteiger partial charge in [0.2, 0.25) is 0 Å². The topological polar surface area (TPSA) is 22.6 Å². The third-order valence-electron chi connectivity index (χ3n) is 11.1. The van der Waals surface area contributed by atoms with Crippen molar-refractivity contribution in [3.8, 4) is 0 Å². The predicted octanol–water partition coefficient (Wildman–Crippen LogP) is 7.73. The van der Waals surface area contributed by atoms with E-state index in [1.165, 1.54) is 86.7 Å². The van der Waals surface area contributed by atoms with Gasteiger partial charge < -0.3 is 9.80 Å². The van der Waals surface area contributed by atoms with Crippen molar-refractivity contribution < 1.29 is 0 Å². The average Bonchev–Trinajstić information content (AvgIpc) is 3.56. The van der Waals surface area contributed by atoms with Gasteiger partial charge in [-0.15, -0.1) is 0 Å². The van der Waals surface area contributed by atoms with Crippen LogP contribution in [0.3, 0.4) is 0 Å². The summed E-state index contributed by atoms with van der Waals surface area (Å²) in [5.74, 6) is 1.67. The summed E-state index contributed by atoms with van der Waals surface area (Å²) >= 11 is 1.80. The van der Waals surface area contributed by atoms with Gasteiger partial charge in [0.25, 0.3) is 0 Å². The van der Waals surface area contributed by atoms with Crippen molar-refractivity contribution in [2.24, 2.45) is 17.3 Å². The Morgan fingerprint density at radius 2 is 1.45 bits per heavy atom. The number of hydrogen-bond donors (Lipinski definition) is 0. The van der Waals surface area contributed by atoms with E-state index in [1.54, 1.807) is 22.9 Å². The number of pyridine rings is 1. The number of likely N-dealkylation sites (N-methyl/N-ethyl adjacent to an activating group) is 1. The van der Waals surface area contributed by atoms with Crippen LogP contribution < -0.4 is 4.90 Å². The molecule has 1 atom stereocenters. The van der Waals surface area contributed by atoms with E-state index in [-0.39, 0.29) is 0 Å². The summed E-state index contributed by atoms with van der Waals surface area (Å²) in [6.07, 6.45) is 12.2. The number of likely N-dealkylation sites (tertiary alicyclic amines) is 1. The lowest BCUT2D eigenvalue weighted by atomic mass is 9.57. The molecular weight excluding hydrogens is 533 g/mol. The van der Waals surface area contributed by atoms with Crippen molar-refractivity contribution in [1.82, 2.24) is 14.8 Å². The van der Waals surface area contributed by atoms with E-state index in [2.05, 4.69) is 94.2 Å². The Labute approximate surface area is 257 Å². The molecule has 1 aliphatic carbocycles. The summed E-state index contributed by atoms with van der Waals surface area (Å²) in [6, 6.07) is 22.9. The van der Waals surface area contributed by atoms with Crippen LogP contribution in [0.4, 0.5) is 5.69 Å². The van der Waals surface area contributed by atoms with Crippen molar-refractivity contribution in [3.05, 3.63) is 84.2 Å². The summed E-state index contributed by atoms with van der Waals surface area (Å²) in [4.78, 5) is 14.8. The van der Waals surface area contributed by atoms with Crippen LogP contribution in [0.1, 0.15) is 63.5 Å². The summed E-state index contributed by atoms with van der Waals surface area (Å²) in [5.41, 5.74) is 5.45. The Kier molecular flexibility index (Phi) is 8.11. The van der Waals surface area contributed by atoms with E-state index in [4.69, 9.17) is 0 Å². The minimum atomic E-state index is 0.354. The predicted molar refractivity (Wildman–Crippen MR) is 175 cm³/mol. The van der Waals surface area contributed by atoms with Crippen LogP contribution in [0, 0.1) is 17.3 Å². The van der Waals surface area contributed by atoms with Gasteiger partial charge in [-0.25, -0.2) is 0 Å². The highest BCUT2D eigenvalue weighted by Gasteiger charge is 2.51. The van der Waals surface area contributed by atoms with Gasteiger partial charge in [0.1, 0.15) is 0 Å². The Morgan fingerprint density at radius 3 is 2.17 bits per heavy atom. The fraction of sp³-hybridized carbons (Fsp3) is 0.541. The fourth-order valence-electron chi connectivity index (χ4n) is 9.13. The molecule has 5 heteroatoms. The van der Waals surface area contributed by atoms with Gasteiger partial charge in [0.05, 0.1) is 0 Å². The SMILES string of the molecule is CCN1Cc2ccccc2C(C2CCCC2)(C2CCN(CC3(C)CN(c4ccc(Sc5ccncc5)cc4)C3)CC2)C1. The summed E-state index contributed by atoms with van der Waals surface area (Å²) in [7, 11) is 0. The lowest BCUT2D eigenvalue weighted by molar-refractivity contribution is 0.0268. The molecule has 1 aromatic heterocycles. The molecule has 42 heavy (non-hydrogen) atoms. The molecule has 0 spiro atoms. The first-order valence-corrected chi connectivity index (χ1v) is 17.3. The number of anilines is 1. The zero-order chi connectivity index (χ0) is 28.6. The van der Waals surface area contributed by atoms with Gasteiger partial charge in [0.15, 0.2) is 0 Å². The van der Waals surface area contributed by atoms with Crippen LogP contribution in [0.25, 0.3) is 0 Å². The molecule has 4 aliphatic rings. The molecule has 3 aromatic rings. The second-order valence-electron chi connectivity index (χ2n) is 14.0. The van der Waals surface area contributed by atoms with Crippen LogP contribution in [0.2, 0.25) is 0 Å². The normalized spacial score (nSPS) is 25.3. The van der Waals surface area contributed by atoms with Crippen LogP contribution in [0.5, 0.6) is 0 Å². The number of nitrogens with zero attached hydrogens (tertiary/aromatic N) is 4. The standard InChI is InChI=1S/C37H48N4S/c1-3-39-24-29-8-4-7-11-35(29)37(28-39,30-9-5-6-10-30)31-18-22-40(23-19-31)25-36(2)26-41(27-36)32-12-14-33(15-13-32)42-34-16-20-38-21-17-34/h4,7-8,11-17,20-21,30-31H,3,5-6,9-10,18-19,22-28H2,1-2H3. The minimum absolute atomic E-state index is 0.354. The molecule has 4 heterocycles. The average molecular weight is 581 g/mol. The first kappa shape index (κ1) is 28.4. The number of aromatic nitrogens is 1. The molecule has 0 radical (unpaired) electrons. The first-order valence-electron chi connectivity index (χ1n) is 16.5. The van der Waals surface area contributed by atoms with E-state index in [0.717, 1.165) is 31.5 Å². The third kappa shape index (κ3) is 5.53. The third-order valence-corrected chi connectivity index (χ3v) is 12.1. The molecule has 2 aromatic carbocycles. The van der Waals surface area contributed by atoms with Crippen molar-refractivity contribution in [2.75, 3.05) is 50.7 Å². The zero-order valence-corrected chi connectivity index (χ0v) is 26.5. The first-order chi connectivity index (χ1) is 20.5. The highest BCUT2D eigenvalue weighted by Crippen LogP contribution is 2.53. The minimum Gasteiger partial charge on any atom is -0.370 e. The summed E-state index contributed by atoms with van der Waals surface area (Å²) < 4.78 is 0. The molecule has 0 bridgehead atoms. The molecule has 222 valence electrons. The number of piperidine rings is 1. The Bertz CT molecular complexity index is 1320. The van der Waals surface area contributed by atoms with Crippen molar-refractivity contribution in [3.63, 3.8) is 0 Å². The second kappa shape index (κ2) is 12.0. The number of hydrogen-bond acceptors (Lipinski definition) is 5. The van der Waals surface area contributed by atoms with E-state index in [0.29, 0.717) is 10.8 Å². The molecule has 3 aliphatic heterocycles. The van der Waals surface area contributed by atoms with Gasteiger partial charge in [-0.2, -0.15) is 0 Å². The smallest absolute Gasteiger partial charge is 0.0367 e. The van der Waals surface area contributed by atoms with Crippen LogP contribution in [0.15, 0.2) is 82.8 Å². The van der Waals surface area contributed by atoms with Crippen molar-refractivity contribution in [2.45, 2.75) is 74.1 Å². The van der Waals surface area contributed by atoms with Crippen molar-refractivity contribution in [1.29, 1.82) is 0 Å². The molecule has 0 N–H and O–H groups in total.